The van der Waals surface area contributed by atoms with E-state index in [9.17, 15) is 36.4 Å². The Morgan fingerprint density at radius 3 is 2.31 bits per heavy atom. The SMILES string of the molecule is COC(=O)CC(NC(=O)C(C)NC(=O)C(NS(=O)(=O)CCc1ccnc(F)c1)C(C)C)C(=O)CF. The van der Waals surface area contributed by atoms with E-state index in [1.54, 1.807) is 13.8 Å². The predicted molar refractivity (Wildman–Crippen MR) is 121 cm³/mol. The molecule has 1 aromatic heterocycles. The molecular formula is C21H30F2N4O7S. The zero-order valence-corrected chi connectivity index (χ0v) is 20.7. The molecule has 0 aliphatic heterocycles. The smallest absolute Gasteiger partial charge is 0.308 e. The first-order chi connectivity index (χ1) is 16.3. The fourth-order valence-electron chi connectivity index (χ4n) is 2.85. The topological polar surface area (TPSA) is 161 Å². The minimum absolute atomic E-state index is 0.0236. The molecule has 0 saturated carbocycles. The molecule has 1 aromatic rings. The Labute approximate surface area is 202 Å². The van der Waals surface area contributed by atoms with Gasteiger partial charge in [-0.1, -0.05) is 13.8 Å². The number of ketones is 1. The van der Waals surface area contributed by atoms with Crippen molar-refractivity contribution >= 4 is 33.6 Å². The van der Waals surface area contributed by atoms with Gasteiger partial charge < -0.3 is 15.4 Å². The average molecular weight is 521 g/mol. The van der Waals surface area contributed by atoms with Crippen LogP contribution < -0.4 is 15.4 Å². The summed E-state index contributed by atoms with van der Waals surface area (Å²) < 4.78 is 57.7. The largest absolute Gasteiger partial charge is 0.469 e. The molecule has 11 nitrogen and oxygen atoms in total. The highest BCUT2D eigenvalue weighted by atomic mass is 32.2. The summed E-state index contributed by atoms with van der Waals surface area (Å²) in [6.07, 6.45) is 0.587. The minimum Gasteiger partial charge on any atom is -0.469 e. The van der Waals surface area contributed by atoms with Gasteiger partial charge in [0.25, 0.3) is 0 Å². The number of Topliss-reactive ketones (excluding diaryl/α,β-unsaturated/α-hetero) is 1. The number of amides is 2. The molecule has 0 bridgehead atoms. The number of ether oxygens (including phenoxy) is 1. The summed E-state index contributed by atoms with van der Waals surface area (Å²) in [7, 11) is -2.92. The number of aryl methyl sites for hydroxylation is 1. The number of nitrogens with one attached hydrogen (secondary N) is 3. The number of alkyl halides is 1. The lowest BCUT2D eigenvalue weighted by Gasteiger charge is -2.24. The highest BCUT2D eigenvalue weighted by Crippen LogP contribution is 2.08. The number of carbonyl (C=O) groups excluding carboxylic acids is 4. The second kappa shape index (κ2) is 13.8. The van der Waals surface area contributed by atoms with E-state index in [1.807, 2.05) is 0 Å². The van der Waals surface area contributed by atoms with Crippen LogP contribution in [0.4, 0.5) is 8.78 Å². The maximum atomic E-state index is 13.2. The van der Waals surface area contributed by atoms with Crippen molar-refractivity contribution in [3.05, 3.63) is 29.8 Å². The number of esters is 1. The Bertz CT molecular complexity index is 1020. The Hall–Kier alpha value is -3.00. The van der Waals surface area contributed by atoms with Gasteiger partial charge in [0.2, 0.25) is 27.8 Å². The van der Waals surface area contributed by atoms with E-state index in [4.69, 9.17) is 0 Å². The molecule has 3 unspecified atom stereocenters. The van der Waals surface area contributed by atoms with Crippen molar-refractivity contribution in [2.24, 2.45) is 5.92 Å². The van der Waals surface area contributed by atoms with Crippen LogP contribution in [-0.2, 0) is 40.4 Å². The lowest BCUT2D eigenvalue weighted by molar-refractivity contribution is -0.143. The Kier molecular flexibility index (Phi) is 11.8. The molecule has 0 fully saturated rings. The van der Waals surface area contributed by atoms with Crippen molar-refractivity contribution in [1.82, 2.24) is 20.3 Å². The zero-order chi connectivity index (χ0) is 26.8. The summed E-state index contributed by atoms with van der Waals surface area (Å²) in [5.74, 6) is -5.30. The van der Waals surface area contributed by atoms with E-state index in [-0.39, 0.29) is 6.42 Å². The van der Waals surface area contributed by atoms with Crippen molar-refractivity contribution < 1.29 is 41.1 Å². The van der Waals surface area contributed by atoms with Crippen molar-refractivity contribution in [2.45, 2.75) is 51.7 Å². The van der Waals surface area contributed by atoms with Crippen LogP contribution in [0, 0.1) is 11.9 Å². The lowest BCUT2D eigenvalue weighted by atomic mass is 10.0. The standard InChI is InChI=1S/C21H30F2N4O7S/c1-12(2)19(27-35(32,33)8-6-14-5-7-24-17(23)9-14)21(31)25-13(3)20(30)26-15(16(28)11-22)10-18(29)34-4/h5,7,9,12-13,15,19,27H,6,8,10-11H2,1-4H3,(H,25,31)(H,26,30). The van der Waals surface area contributed by atoms with Gasteiger partial charge in [0, 0.05) is 6.20 Å². The maximum absolute atomic E-state index is 13.2. The fraction of sp³-hybridized carbons (Fsp3) is 0.571. The fourth-order valence-corrected chi connectivity index (χ4v) is 4.24. The minimum atomic E-state index is -3.98. The third-order valence-electron chi connectivity index (χ3n) is 4.89. The van der Waals surface area contributed by atoms with Crippen LogP contribution in [0.2, 0.25) is 0 Å². The van der Waals surface area contributed by atoms with E-state index in [1.165, 1.54) is 19.2 Å². The van der Waals surface area contributed by atoms with Crippen LogP contribution in [0.3, 0.4) is 0 Å². The number of halogens is 2. The van der Waals surface area contributed by atoms with Crippen LogP contribution >= 0.6 is 0 Å². The van der Waals surface area contributed by atoms with Gasteiger partial charge in [-0.15, -0.1) is 0 Å². The average Bonchev–Trinajstić information content (AvgIpc) is 2.79. The number of aromatic nitrogens is 1. The van der Waals surface area contributed by atoms with Gasteiger partial charge in [0.15, 0.2) is 5.78 Å². The second-order valence-corrected chi connectivity index (χ2v) is 9.94. The normalized spacial score (nSPS) is 14.0. The number of nitrogens with zero attached hydrogens (tertiary/aromatic N) is 1. The lowest BCUT2D eigenvalue weighted by Crippen LogP contribution is -2.56. The van der Waals surface area contributed by atoms with Crippen LogP contribution in [-0.4, -0.2) is 74.6 Å². The Balaban J connectivity index is 2.80. The van der Waals surface area contributed by atoms with E-state index < -0.39 is 82.4 Å². The summed E-state index contributed by atoms with van der Waals surface area (Å²) in [5, 5.41) is 4.52. The maximum Gasteiger partial charge on any atom is 0.308 e. The van der Waals surface area contributed by atoms with Crippen molar-refractivity contribution in [3.63, 3.8) is 0 Å². The molecule has 3 atom stereocenters. The van der Waals surface area contributed by atoms with Crippen molar-refractivity contribution in [1.29, 1.82) is 0 Å². The van der Waals surface area contributed by atoms with Gasteiger partial charge in [0.05, 0.1) is 19.3 Å². The van der Waals surface area contributed by atoms with Gasteiger partial charge in [-0.3, -0.25) is 19.2 Å². The van der Waals surface area contributed by atoms with Gasteiger partial charge in [-0.25, -0.2) is 22.5 Å². The molecule has 196 valence electrons. The highest BCUT2D eigenvalue weighted by molar-refractivity contribution is 7.89. The first-order valence-electron chi connectivity index (χ1n) is 10.7. The molecule has 14 heteroatoms. The molecule has 0 saturated heterocycles. The molecule has 0 aliphatic rings. The zero-order valence-electron chi connectivity index (χ0n) is 19.8. The van der Waals surface area contributed by atoms with Gasteiger partial charge in [0.1, 0.15) is 24.8 Å². The third kappa shape index (κ3) is 10.4. The van der Waals surface area contributed by atoms with Crippen LogP contribution in [0.1, 0.15) is 32.8 Å². The molecular weight excluding hydrogens is 490 g/mol. The van der Waals surface area contributed by atoms with Crippen molar-refractivity contribution in [2.75, 3.05) is 19.5 Å². The van der Waals surface area contributed by atoms with E-state index >= 15 is 0 Å². The molecule has 1 heterocycles. The molecule has 0 aliphatic carbocycles. The second-order valence-electron chi connectivity index (χ2n) is 8.07. The molecule has 3 N–H and O–H groups in total. The van der Waals surface area contributed by atoms with E-state index in [2.05, 4.69) is 25.1 Å². The van der Waals surface area contributed by atoms with Crippen LogP contribution in [0.25, 0.3) is 0 Å². The molecule has 0 spiro atoms. The first kappa shape index (κ1) is 30.0. The van der Waals surface area contributed by atoms with Gasteiger partial charge in [-0.05, 0) is 37.0 Å². The monoisotopic (exact) mass is 520 g/mol. The number of hydrogen-bond donors (Lipinski definition) is 3. The summed E-state index contributed by atoms with van der Waals surface area (Å²) in [5.41, 5.74) is 0.406. The van der Waals surface area contributed by atoms with E-state index in [0.29, 0.717) is 5.56 Å². The number of hydrogen-bond acceptors (Lipinski definition) is 8. The van der Waals surface area contributed by atoms with Crippen molar-refractivity contribution in [3.8, 4) is 0 Å². The molecule has 0 radical (unpaired) electrons. The first-order valence-corrected chi connectivity index (χ1v) is 12.3. The quantitative estimate of drug-likeness (QED) is 0.225. The summed E-state index contributed by atoms with van der Waals surface area (Å²) in [6, 6.07) is -1.42. The number of carbonyl (C=O) groups is 4. The van der Waals surface area contributed by atoms with Gasteiger partial charge in [-0.2, -0.15) is 4.39 Å². The van der Waals surface area contributed by atoms with Gasteiger partial charge >= 0.3 is 5.97 Å². The van der Waals surface area contributed by atoms with Crippen LogP contribution in [0.15, 0.2) is 18.3 Å². The Morgan fingerprint density at radius 2 is 1.77 bits per heavy atom. The third-order valence-corrected chi connectivity index (χ3v) is 6.25. The molecule has 1 rings (SSSR count). The van der Waals surface area contributed by atoms with E-state index in [0.717, 1.165) is 13.2 Å². The Morgan fingerprint density at radius 1 is 1.11 bits per heavy atom. The highest BCUT2D eigenvalue weighted by Gasteiger charge is 2.31. The molecule has 35 heavy (non-hydrogen) atoms. The number of pyridine rings is 1. The molecule has 2 amide bonds. The molecule has 0 aromatic carbocycles. The number of rotatable bonds is 14. The summed E-state index contributed by atoms with van der Waals surface area (Å²) in [6.45, 7) is 3.02. The number of sulfonamides is 1. The summed E-state index contributed by atoms with van der Waals surface area (Å²) in [4.78, 5) is 51.6. The predicted octanol–water partition coefficient (Wildman–Crippen LogP) is -0.202. The summed E-state index contributed by atoms with van der Waals surface area (Å²) >= 11 is 0. The van der Waals surface area contributed by atoms with Crippen LogP contribution in [0.5, 0.6) is 0 Å². The number of methoxy groups -OCH3 is 1.